The fraction of sp³-hybridized carbons (Fsp3) is 0.542. The third kappa shape index (κ3) is 6.42. The lowest BCUT2D eigenvalue weighted by Crippen LogP contribution is -2.53. The Kier molecular flexibility index (Phi) is 9.06. The summed E-state index contributed by atoms with van der Waals surface area (Å²) in [4.78, 5) is 19.2. The highest BCUT2D eigenvalue weighted by Crippen LogP contribution is 2.24. The van der Waals surface area contributed by atoms with Crippen LogP contribution in [0, 0.1) is 6.92 Å². The summed E-state index contributed by atoms with van der Waals surface area (Å²) < 4.78 is 27.4. The van der Waals surface area contributed by atoms with Crippen LogP contribution in [0.3, 0.4) is 0 Å². The number of sulfonamides is 1. The number of anilines is 1. The second-order valence-corrected chi connectivity index (χ2v) is 11.4. The molecule has 0 bridgehead atoms. The Balaban J connectivity index is 1.58. The summed E-state index contributed by atoms with van der Waals surface area (Å²) in [7, 11) is -3.59. The van der Waals surface area contributed by atoms with E-state index in [1.165, 1.54) is 9.18 Å². The minimum atomic E-state index is -3.59. The highest BCUT2D eigenvalue weighted by molar-refractivity contribution is 7.89. The van der Waals surface area contributed by atoms with E-state index in [0.717, 1.165) is 39.1 Å². The van der Waals surface area contributed by atoms with Crippen LogP contribution in [-0.4, -0.2) is 80.3 Å². The molecule has 33 heavy (non-hydrogen) atoms. The Hall–Kier alpha value is -1.78. The Morgan fingerprint density at radius 3 is 2.45 bits per heavy atom. The maximum absolute atomic E-state index is 13.0. The van der Waals surface area contributed by atoms with Gasteiger partial charge in [-0.25, -0.2) is 8.42 Å². The summed E-state index contributed by atoms with van der Waals surface area (Å²) in [6, 6.07) is 9.09. The van der Waals surface area contributed by atoms with Gasteiger partial charge in [0.05, 0.1) is 10.9 Å². The van der Waals surface area contributed by atoms with Crippen LogP contribution >= 0.6 is 11.3 Å². The summed E-state index contributed by atoms with van der Waals surface area (Å²) in [6.45, 7) is 12.8. The van der Waals surface area contributed by atoms with Gasteiger partial charge in [-0.1, -0.05) is 26.0 Å². The number of amides is 1. The molecule has 1 aromatic heterocycles. The van der Waals surface area contributed by atoms with E-state index in [4.69, 9.17) is 0 Å². The molecule has 0 saturated carbocycles. The van der Waals surface area contributed by atoms with Crippen molar-refractivity contribution >= 4 is 33.0 Å². The summed E-state index contributed by atoms with van der Waals surface area (Å²) in [5.41, 5.74) is 1.18. The maximum Gasteiger partial charge on any atom is 0.243 e. The van der Waals surface area contributed by atoms with Gasteiger partial charge >= 0.3 is 0 Å². The number of hydrogen-bond acceptors (Lipinski definition) is 6. The van der Waals surface area contributed by atoms with Crippen LogP contribution in [0.15, 0.2) is 40.6 Å². The van der Waals surface area contributed by atoms with Crippen molar-refractivity contribution in [3.8, 4) is 0 Å². The smallest absolute Gasteiger partial charge is 0.243 e. The predicted octanol–water partition coefficient (Wildman–Crippen LogP) is 3.27. The molecule has 1 unspecified atom stereocenters. The quantitative estimate of drug-likeness (QED) is 0.551. The zero-order valence-electron chi connectivity index (χ0n) is 20.1. The molecule has 1 fully saturated rings. The number of carbonyl (C=O) groups is 1. The number of benzene rings is 1. The van der Waals surface area contributed by atoms with Crippen molar-refractivity contribution in [1.29, 1.82) is 0 Å². The average Bonchev–Trinajstić information content (AvgIpc) is 3.33. The van der Waals surface area contributed by atoms with Crippen LogP contribution < -0.4 is 5.32 Å². The minimum Gasteiger partial charge on any atom is -0.325 e. The normalized spacial score (nSPS) is 16.8. The lowest BCUT2D eigenvalue weighted by Gasteiger charge is -2.37. The van der Waals surface area contributed by atoms with Crippen molar-refractivity contribution in [3.63, 3.8) is 0 Å². The molecule has 7 nitrogen and oxygen atoms in total. The van der Waals surface area contributed by atoms with Gasteiger partial charge < -0.3 is 10.2 Å². The van der Waals surface area contributed by atoms with Crippen molar-refractivity contribution < 1.29 is 13.2 Å². The Morgan fingerprint density at radius 1 is 1.15 bits per heavy atom. The van der Waals surface area contributed by atoms with Crippen LogP contribution in [0.25, 0.3) is 0 Å². The van der Waals surface area contributed by atoms with E-state index in [0.29, 0.717) is 24.3 Å². The number of nitrogens with one attached hydrogen (secondary N) is 1. The fourth-order valence-corrected chi connectivity index (χ4v) is 6.58. The first-order valence-electron chi connectivity index (χ1n) is 11.7. The van der Waals surface area contributed by atoms with Crippen LogP contribution in [0.2, 0.25) is 0 Å². The van der Waals surface area contributed by atoms with E-state index in [1.54, 1.807) is 36.5 Å². The molecule has 0 spiro atoms. The number of nitrogens with zero attached hydrogens (tertiary/aromatic N) is 3. The van der Waals surface area contributed by atoms with E-state index in [9.17, 15) is 13.2 Å². The number of carbonyl (C=O) groups excluding carboxylic acids is 1. The predicted molar refractivity (Wildman–Crippen MR) is 135 cm³/mol. The van der Waals surface area contributed by atoms with Gasteiger partial charge in [-0.3, -0.25) is 9.69 Å². The number of aryl methyl sites for hydroxylation is 1. The average molecular weight is 493 g/mol. The SMILES string of the molecule is CCN(CC)S(=O)(=O)c1cc(NC(=O)C(C)N2CCN(CCc3cccs3)CC2)ccc1C. The Labute approximate surface area is 202 Å². The van der Waals surface area contributed by atoms with Gasteiger partial charge in [-0.15, -0.1) is 11.3 Å². The number of rotatable bonds is 10. The molecule has 1 amide bonds. The van der Waals surface area contributed by atoms with Crippen molar-refractivity contribution in [3.05, 3.63) is 46.2 Å². The van der Waals surface area contributed by atoms with E-state index in [-0.39, 0.29) is 16.8 Å². The molecule has 1 N–H and O–H groups in total. The lowest BCUT2D eigenvalue weighted by molar-refractivity contribution is -0.121. The zero-order chi connectivity index (χ0) is 24.0. The summed E-state index contributed by atoms with van der Waals surface area (Å²) in [5.74, 6) is -0.114. The van der Waals surface area contributed by atoms with Crippen molar-refractivity contribution in [1.82, 2.24) is 14.1 Å². The van der Waals surface area contributed by atoms with Gasteiger partial charge in [0.2, 0.25) is 15.9 Å². The molecule has 1 atom stereocenters. The number of piperazine rings is 1. The topological polar surface area (TPSA) is 73.0 Å². The van der Waals surface area contributed by atoms with Gasteiger partial charge in [0, 0.05) is 56.4 Å². The molecule has 182 valence electrons. The summed E-state index contributed by atoms with van der Waals surface area (Å²) in [6.07, 6.45) is 1.07. The molecule has 9 heteroatoms. The first-order chi connectivity index (χ1) is 15.8. The van der Waals surface area contributed by atoms with Crippen molar-refractivity contribution in [2.24, 2.45) is 0 Å². The second-order valence-electron chi connectivity index (χ2n) is 8.44. The molecule has 2 heterocycles. The molecular weight excluding hydrogens is 456 g/mol. The van der Waals surface area contributed by atoms with E-state index >= 15 is 0 Å². The van der Waals surface area contributed by atoms with Crippen LogP contribution in [0.1, 0.15) is 31.2 Å². The van der Waals surface area contributed by atoms with Gasteiger partial charge in [0.25, 0.3) is 0 Å². The van der Waals surface area contributed by atoms with E-state index < -0.39 is 10.0 Å². The molecule has 3 rings (SSSR count). The monoisotopic (exact) mass is 492 g/mol. The third-order valence-electron chi connectivity index (χ3n) is 6.37. The zero-order valence-corrected chi connectivity index (χ0v) is 21.7. The molecular formula is C24H36N4O3S2. The van der Waals surface area contributed by atoms with Crippen LogP contribution in [0.4, 0.5) is 5.69 Å². The molecule has 1 saturated heterocycles. The molecule has 0 aliphatic carbocycles. The van der Waals surface area contributed by atoms with Crippen molar-refractivity contribution in [2.45, 2.75) is 45.1 Å². The van der Waals surface area contributed by atoms with Crippen molar-refractivity contribution in [2.75, 3.05) is 51.1 Å². The molecule has 1 aliphatic rings. The first-order valence-corrected chi connectivity index (χ1v) is 14.0. The lowest BCUT2D eigenvalue weighted by atomic mass is 10.2. The molecule has 1 aromatic carbocycles. The van der Waals surface area contributed by atoms with Gasteiger partial charge in [-0.05, 0) is 49.4 Å². The first kappa shape index (κ1) is 25.8. The van der Waals surface area contributed by atoms with Crippen LogP contribution in [-0.2, 0) is 21.2 Å². The largest absolute Gasteiger partial charge is 0.325 e. The second kappa shape index (κ2) is 11.6. The fourth-order valence-electron chi connectivity index (χ4n) is 4.17. The van der Waals surface area contributed by atoms with E-state index in [1.807, 2.05) is 20.8 Å². The maximum atomic E-state index is 13.0. The Bertz CT molecular complexity index is 1010. The Morgan fingerprint density at radius 2 is 1.85 bits per heavy atom. The highest BCUT2D eigenvalue weighted by Gasteiger charge is 2.27. The standard InChI is InChI=1S/C24H36N4O3S2/c1-5-28(6-2)33(30,31)23-18-21(10-9-19(23)3)25-24(29)20(4)27-15-13-26(14-16-27)12-11-22-8-7-17-32-22/h7-10,17-18,20H,5-6,11-16H2,1-4H3,(H,25,29). The third-order valence-corrected chi connectivity index (χ3v) is 9.50. The minimum absolute atomic E-state index is 0.114. The number of hydrogen-bond donors (Lipinski definition) is 1. The van der Waals surface area contributed by atoms with Gasteiger partial charge in [0.1, 0.15) is 0 Å². The number of thiophene rings is 1. The highest BCUT2D eigenvalue weighted by atomic mass is 32.2. The van der Waals surface area contributed by atoms with E-state index in [2.05, 4.69) is 32.6 Å². The molecule has 1 aliphatic heterocycles. The molecule has 2 aromatic rings. The molecule has 0 radical (unpaired) electrons. The summed E-state index contributed by atoms with van der Waals surface area (Å²) in [5, 5.41) is 5.05. The van der Waals surface area contributed by atoms with Crippen LogP contribution in [0.5, 0.6) is 0 Å². The van der Waals surface area contributed by atoms with Gasteiger partial charge in [0.15, 0.2) is 0 Å². The van der Waals surface area contributed by atoms with Gasteiger partial charge in [-0.2, -0.15) is 4.31 Å². The summed E-state index contributed by atoms with van der Waals surface area (Å²) >= 11 is 1.80.